The van der Waals surface area contributed by atoms with Gasteiger partial charge in [-0.2, -0.15) is 0 Å². The first-order valence-electron chi connectivity index (χ1n) is 5.45. The first-order valence-corrected chi connectivity index (χ1v) is 6.33. The van der Waals surface area contributed by atoms with E-state index in [2.05, 4.69) is 17.2 Å². The van der Waals surface area contributed by atoms with E-state index in [9.17, 15) is 5.11 Å². The van der Waals surface area contributed by atoms with Crippen LogP contribution in [0.2, 0.25) is 0 Å². The second-order valence-electron chi connectivity index (χ2n) is 3.67. The summed E-state index contributed by atoms with van der Waals surface area (Å²) in [5.74, 6) is 0.763. The Morgan fingerprint density at radius 3 is 3.06 bits per heavy atom. The molecule has 2 heterocycles. The number of methoxy groups -OCH3 is 1. The van der Waals surface area contributed by atoms with Crippen molar-refractivity contribution in [2.45, 2.75) is 26.0 Å². The van der Waals surface area contributed by atoms with Crippen LogP contribution in [0.5, 0.6) is 5.75 Å². The highest BCUT2D eigenvalue weighted by molar-refractivity contribution is 7.10. The molecule has 0 aliphatic rings. The molecule has 0 aromatic carbocycles. The number of hydrogen-bond acceptors (Lipinski definition) is 5. The maximum absolute atomic E-state index is 10.3. The molecule has 2 rings (SSSR count). The number of ether oxygens (including phenoxy) is 1. The van der Waals surface area contributed by atoms with Gasteiger partial charge in [-0.25, -0.2) is 4.68 Å². The van der Waals surface area contributed by atoms with E-state index >= 15 is 0 Å². The zero-order valence-electron chi connectivity index (χ0n) is 9.83. The van der Waals surface area contributed by atoms with Crippen molar-refractivity contribution in [3.63, 3.8) is 0 Å². The van der Waals surface area contributed by atoms with Crippen molar-refractivity contribution < 1.29 is 9.84 Å². The fraction of sp³-hybridized carbons (Fsp3) is 0.455. The molecule has 17 heavy (non-hydrogen) atoms. The average molecular weight is 253 g/mol. The minimum absolute atomic E-state index is 0.689. The minimum Gasteiger partial charge on any atom is -0.496 e. The number of nitrogens with zero attached hydrogens (tertiary/aromatic N) is 3. The number of rotatable bonds is 5. The lowest BCUT2D eigenvalue weighted by Crippen LogP contribution is -2.09. The lowest BCUT2D eigenvalue weighted by Gasteiger charge is -2.09. The van der Waals surface area contributed by atoms with E-state index in [-0.39, 0.29) is 0 Å². The van der Waals surface area contributed by atoms with Gasteiger partial charge in [-0.3, -0.25) is 0 Å². The number of thiophene rings is 1. The largest absolute Gasteiger partial charge is 0.496 e. The van der Waals surface area contributed by atoms with Crippen molar-refractivity contribution in [1.82, 2.24) is 15.0 Å². The van der Waals surface area contributed by atoms with Crippen LogP contribution in [0.25, 0.3) is 0 Å². The Balaban J connectivity index is 2.23. The van der Waals surface area contributed by atoms with Gasteiger partial charge in [0.25, 0.3) is 0 Å². The van der Waals surface area contributed by atoms with Crippen LogP contribution in [0.1, 0.15) is 30.0 Å². The van der Waals surface area contributed by atoms with Crippen molar-refractivity contribution >= 4 is 11.3 Å². The van der Waals surface area contributed by atoms with Gasteiger partial charge in [0.1, 0.15) is 11.9 Å². The fourth-order valence-electron chi connectivity index (χ4n) is 1.59. The Hall–Kier alpha value is -1.40. The summed E-state index contributed by atoms with van der Waals surface area (Å²) in [7, 11) is 1.61. The molecular weight excluding hydrogens is 238 g/mol. The zero-order valence-corrected chi connectivity index (χ0v) is 10.6. The lowest BCUT2D eigenvalue weighted by atomic mass is 10.2. The maximum atomic E-state index is 10.3. The zero-order chi connectivity index (χ0) is 12.3. The van der Waals surface area contributed by atoms with Crippen molar-refractivity contribution in [3.05, 3.63) is 28.2 Å². The molecule has 0 aliphatic heterocycles. The van der Waals surface area contributed by atoms with E-state index in [4.69, 9.17) is 4.74 Å². The summed E-state index contributed by atoms with van der Waals surface area (Å²) in [6.07, 6.45) is 1.87. The number of aliphatic hydroxyl groups is 1. The van der Waals surface area contributed by atoms with E-state index in [0.717, 1.165) is 29.3 Å². The number of aliphatic hydroxyl groups excluding tert-OH is 1. The van der Waals surface area contributed by atoms with Crippen LogP contribution in [0.4, 0.5) is 0 Å². The SMILES string of the molecule is CCCn1nncc1C(O)c1cc(OC)cs1. The molecule has 0 aliphatic carbocycles. The molecule has 2 aromatic heterocycles. The quantitative estimate of drug-likeness (QED) is 0.883. The van der Waals surface area contributed by atoms with Crippen molar-refractivity contribution in [2.24, 2.45) is 0 Å². The second-order valence-corrected chi connectivity index (χ2v) is 4.62. The molecule has 92 valence electrons. The highest BCUT2D eigenvalue weighted by Gasteiger charge is 2.18. The minimum atomic E-state index is -0.689. The normalized spacial score (nSPS) is 12.6. The molecule has 5 nitrogen and oxygen atoms in total. The summed E-state index contributed by atoms with van der Waals surface area (Å²) in [6, 6.07) is 1.83. The van der Waals surface area contributed by atoms with Gasteiger partial charge in [-0.1, -0.05) is 12.1 Å². The molecule has 1 atom stereocenters. The lowest BCUT2D eigenvalue weighted by molar-refractivity contribution is 0.211. The standard InChI is InChI=1S/C11H15N3O2S/c1-3-4-14-9(6-12-13-14)11(15)10-5-8(16-2)7-17-10/h5-7,11,15H,3-4H2,1-2H3. The van der Waals surface area contributed by atoms with E-state index in [0.29, 0.717) is 0 Å². The number of aromatic nitrogens is 3. The summed E-state index contributed by atoms with van der Waals surface area (Å²) in [5, 5.41) is 19.9. The van der Waals surface area contributed by atoms with Crippen LogP contribution in [0, 0.1) is 0 Å². The van der Waals surface area contributed by atoms with Crippen LogP contribution < -0.4 is 4.74 Å². The van der Waals surface area contributed by atoms with Gasteiger partial charge >= 0.3 is 0 Å². The average Bonchev–Trinajstić information content (AvgIpc) is 2.97. The molecule has 6 heteroatoms. The maximum Gasteiger partial charge on any atom is 0.131 e. The van der Waals surface area contributed by atoms with Crippen LogP contribution in [0.3, 0.4) is 0 Å². The highest BCUT2D eigenvalue weighted by Crippen LogP contribution is 2.30. The van der Waals surface area contributed by atoms with Gasteiger partial charge in [-0.05, 0) is 12.5 Å². The molecular formula is C11H15N3O2S. The van der Waals surface area contributed by atoms with Crippen molar-refractivity contribution in [1.29, 1.82) is 0 Å². The Bertz CT molecular complexity index is 481. The third-order valence-corrected chi connectivity index (χ3v) is 3.43. The topological polar surface area (TPSA) is 60.2 Å². The number of hydrogen-bond donors (Lipinski definition) is 1. The summed E-state index contributed by atoms with van der Waals surface area (Å²) in [4.78, 5) is 0.835. The smallest absolute Gasteiger partial charge is 0.131 e. The fourth-order valence-corrected chi connectivity index (χ4v) is 2.44. The Kier molecular flexibility index (Phi) is 3.75. The van der Waals surface area contributed by atoms with E-state index in [1.165, 1.54) is 11.3 Å². The predicted octanol–water partition coefficient (Wildman–Crippen LogP) is 1.84. The van der Waals surface area contributed by atoms with Gasteiger partial charge in [-0.15, -0.1) is 16.4 Å². The Morgan fingerprint density at radius 2 is 2.41 bits per heavy atom. The van der Waals surface area contributed by atoms with Gasteiger partial charge in [0, 0.05) is 16.8 Å². The molecule has 0 fully saturated rings. The summed E-state index contributed by atoms with van der Waals surface area (Å²) in [5.41, 5.74) is 0.719. The van der Waals surface area contributed by atoms with Crippen LogP contribution in [-0.2, 0) is 6.54 Å². The first kappa shape index (κ1) is 12.1. The highest BCUT2D eigenvalue weighted by atomic mass is 32.1. The Morgan fingerprint density at radius 1 is 1.59 bits per heavy atom. The summed E-state index contributed by atoms with van der Waals surface area (Å²) < 4.78 is 6.83. The summed E-state index contributed by atoms with van der Waals surface area (Å²) >= 11 is 1.46. The van der Waals surface area contributed by atoms with E-state index < -0.39 is 6.10 Å². The second kappa shape index (κ2) is 5.29. The van der Waals surface area contributed by atoms with Crippen molar-refractivity contribution in [3.8, 4) is 5.75 Å². The molecule has 0 bridgehead atoms. The number of aryl methyl sites for hydroxylation is 1. The Labute approximate surface area is 104 Å². The molecule has 0 amide bonds. The third-order valence-electron chi connectivity index (χ3n) is 2.46. The van der Waals surface area contributed by atoms with Gasteiger partial charge < -0.3 is 9.84 Å². The first-order chi connectivity index (χ1) is 8.26. The summed E-state index contributed by atoms with van der Waals surface area (Å²) in [6.45, 7) is 2.82. The van der Waals surface area contributed by atoms with Gasteiger partial charge in [0.2, 0.25) is 0 Å². The van der Waals surface area contributed by atoms with E-state index in [1.54, 1.807) is 18.0 Å². The third kappa shape index (κ3) is 2.48. The molecule has 0 spiro atoms. The van der Waals surface area contributed by atoms with Crippen LogP contribution >= 0.6 is 11.3 Å². The molecule has 0 radical (unpaired) electrons. The van der Waals surface area contributed by atoms with E-state index in [1.807, 2.05) is 11.4 Å². The van der Waals surface area contributed by atoms with Crippen LogP contribution in [0.15, 0.2) is 17.6 Å². The monoisotopic (exact) mass is 253 g/mol. The van der Waals surface area contributed by atoms with Gasteiger partial charge in [0.05, 0.1) is 19.0 Å². The molecule has 1 N–H and O–H groups in total. The molecule has 0 saturated carbocycles. The predicted molar refractivity (Wildman–Crippen MR) is 65.2 cm³/mol. The van der Waals surface area contributed by atoms with Crippen molar-refractivity contribution in [2.75, 3.05) is 7.11 Å². The van der Waals surface area contributed by atoms with Gasteiger partial charge in [0.15, 0.2) is 0 Å². The molecule has 2 aromatic rings. The molecule has 1 unspecified atom stereocenters. The molecule has 0 saturated heterocycles. The van der Waals surface area contributed by atoms with Crippen LogP contribution in [-0.4, -0.2) is 27.2 Å².